The zero-order valence-electron chi connectivity index (χ0n) is 53.6. The number of para-hydroxylation sites is 1. The first-order chi connectivity index (χ1) is 45.8. The molecule has 1 aromatic heterocycles. The van der Waals surface area contributed by atoms with Gasteiger partial charge in [-0.1, -0.05) is 68.3 Å². The number of aromatic nitrogens is 1. The third kappa shape index (κ3) is 22.4. The Kier molecular flexibility index (Phi) is 28.8. The Morgan fingerprint density at radius 3 is 2.08 bits per heavy atom. The Morgan fingerprint density at radius 1 is 0.729 bits per heavy atom. The number of benzene rings is 2. The number of guanidine groups is 1. The molecule has 0 bridgehead atoms. The highest BCUT2D eigenvalue weighted by Crippen LogP contribution is 2.25. The number of aliphatic hydroxyl groups is 3. The van der Waals surface area contributed by atoms with Crippen molar-refractivity contribution in [1.29, 1.82) is 0 Å². The maximum Gasteiger partial charge on any atom is 0.324 e. The van der Waals surface area contributed by atoms with E-state index in [2.05, 4.69) is 58.0 Å². The average molecular weight is 1340 g/mol. The molecule has 2 aromatic carbocycles. The first-order valence-electron chi connectivity index (χ1n) is 31.9. The lowest BCUT2D eigenvalue weighted by atomic mass is 10.0. The van der Waals surface area contributed by atoms with E-state index in [1.807, 2.05) is 12.1 Å². The lowest BCUT2D eigenvalue weighted by Gasteiger charge is -2.31. The molecule has 34 heteroatoms. The Hall–Kier alpha value is -9.80. The number of aliphatic imine (C=N–C) groups is 1. The van der Waals surface area contributed by atoms with E-state index in [0.717, 1.165) is 27.6 Å². The molecule has 12 atom stereocenters. The van der Waals surface area contributed by atoms with Crippen LogP contribution in [0.25, 0.3) is 10.9 Å². The van der Waals surface area contributed by atoms with Crippen molar-refractivity contribution in [3.8, 4) is 0 Å². The molecule has 2 unspecified atom stereocenters. The number of aliphatic hydroxyl groups excluding tert-OH is 3. The SMILES string of the molecule is CCCC[C@H](NC(=O)[C@@H]1CC(O)CN1C(=O)[C@H](CC(N)=O)NC(=O)[C@@H](CO)NC(C)=O)C(=O)N[C@H]1CCC(=O)ONCCCC[C@@H](C(N)=O)NC(=O)[C@H](Cc2c[nH]c3ccccc23)NC(=O)[C@H](CCCN=C(N)N)NC(=O)[C@@H](Cc2ccccc2)NC(=O)[C@@H]2CC(O)CN2C1=O. The smallest absolute Gasteiger partial charge is 0.324 e. The fourth-order valence-corrected chi connectivity index (χ4v) is 11.5. The number of rotatable bonds is 23. The summed E-state index contributed by atoms with van der Waals surface area (Å²) in [4.78, 5) is 195. The molecule has 96 heavy (non-hydrogen) atoms. The van der Waals surface area contributed by atoms with Crippen molar-refractivity contribution in [2.75, 3.05) is 32.8 Å². The number of H-pyrrole nitrogens is 1. The van der Waals surface area contributed by atoms with Crippen molar-refractivity contribution in [2.24, 2.45) is 27.9 Å². The normalized spacial score (nSPS) is 23.7. The van der Waals surface area contributed by atoms with Crippen LogP contribution in [-0.2, 0) is 80.0 Å². The van der Waals surface area contributed by atoms with E-state index < -0.39 is 201 Å². The molecule has 3 saturated heterocycles. The molecule has 4 heterocycles. The minimum atomic E-state index is -1.76. The lowest BCUT2D eigenvalue weighted by molar-refractivity contribution is -0.152. The summed E-state index contributed by atoms with van der Waals surface area (Å²) in [5, 5.41) is 53.1. The van der Waals surface area contributed by atoms with Crippen molar-refractivity contribution in [3.63, 3.8) is 0 Å². The molecule has 3 fully saturated rings. The van der Waals surface area contributed by atoms with Crippen molar-refractivity contribution in [1.82, 2.24) is 62.8 Å². The van der Waals surface area contributed by atoms with Crippen LogP contribution in [-0.4, -0.2) is 218 Å². The van der Waals surface area contributed by atoms with E-state index in [9.17, 15) is 72.9 Å². The fraction of sp³-hybridized carbons (Fsp3) is 0.548. The lowest BCUT2D eigenvalue weighted by Crippen LogP contribution is -2.60. The van der Waals surface area contributed by atoms with Crippen LogP contribution in [0.15, 0.2) is 65.8 Å². The summed E-state index contributed by atoms with van der Waals surface area (Å²) in [6.45, 7) is 0.935. The minimum Gasteiger partial charge on any atom is -0.394 e. The monoisotopic (exact) mass is 1340 g/mol. The van der Waals surface area contributed by atoms with Crippen LogP contribution in [0.5, 0.6) is 0 Å². The van der Waals surface area contributed by atoms with Crippen molar-refractivity contribution in [2.45, 2.75) is 183 Å². The summed E-state index contributed by atoms with van der Waals surface area (Å²) in [6, 6.07) is 0.367. The third-order valence-electron chi connectivity index (χ3n) is 16.5. The number of nitrogens with one attached hydrogen (secondary N) is 10. The number of nitrogens with two attached hydrogens (primary N) is 4. The fourth-order valence-electron chi connectivity index (χ4n) is 11.5. The number of primary amides is 2. The first-order valence-corrected chi connectivity index (χ1v) is 31.9. The molecule has 3 aliphatic heterocycles. The van der Waals surface area contributed by atoms with E-state index >= 15 is 4.79 Å². The second-order valence-electron chi connectivity index (χ2n) is 24.0. The minimum absolute atomic E-state index is 0.0000592. The molecule has 34 nitrogen and oxygen atoms in total. The molecule has 0 saturated carbocycles. The predicted molar refractivity (Wildman–Crippen MR) is 342 cm³/mol. The van der Waals surface area contributed by atoms with Crippen molar-refractivity contribution in [3.05, 3.63) is 71.9 Å². The second kappa shape index (κ2) is 36.8. The van der Waals surface area contributed by atoms with E-state index in [1.54, 1.807) is 55.6 Å². The van der Waals surface area contributed by atoms with Crippen LogP contribution in [0.1, 0.15) is 108 Å². The molecule has 0 aliphatic carbocycles. The van der Waals surface area contributed by atoms with Gasteiger partial charge in [-0.25, -0.2) is 0 Å². The van der Waals surface area contributed by atoms with Gasteiger partial charge in [-0.2, -0.15) is 5.48 Å². The van der Waals surface area contributed by atoms with Crippen LogP contribution >= 0.6 is 0 Å². The number of carbonyl (C=O) groups is 13. The number of nitrogens with zero attached hydrogens (tertiary/aromatic N) is 3. The van der Waals surface area contributed by atoms with Gasteiger partial charge in [0.15, 0.2) is 5.96 Å². The number of aromatic amines is 1. The molecule has 3 aromatic rings. The first kappa shape index (κ1) is 75.2. The number of hydrogen-bond donors (Lipinski definition) is 17. The quantitative estimate of drug-likeness (QED) is 0.0239. The summed E-state index contributed by atoms with van der Waals surface area (Å²) in [6.07, 6.45) is -3.00. The van der Waals surface area contributed by atoms with E-state index in [4.69, 9.17) is 27.8 Å². The van der Waals surface area contributed by atoms with Crippen LogP contribution in [0.3, 0.4) is 0 Å². The number of unbranched alkanes of at least 4 members (excludes halogenated alkanes) is 1. The van der Waals surface area contributed by atoms with Gasteiger partial charge >= 0.3 is 5.97 Å². The third-order valence-corrected chi connectivity index (χ3v) is 16.5. The largest absolute Gasteiger partial charge is 0.394 e. The Morgan fingerprint density at radius 2 is 1.40 bits per heavy atom. The Bertz CT molecular complexity index is 3290. The van der Waals surface area contributed by atoms with Crippen LogP contribution in [0.4, 0.5) is 0 Å². The molecule has 6 rings (SSSR count). The zero-order chi connectivity index (χ0) is 70.2. The van der Waals surface area contributed by atoms with Gasteiger partial charge in [-0.3, -0.25) is 67.3 Å². The number of likely N-dealkylation sites (tertiary alicyclic amines) is 1. The highest BCUT2D eigenvalue weighted by Gasteiger charge is 2.46. The number of β-amino-alcohol motifs (C(OH)–C–C–N with tert-alkyl or cyclic N) is 1. The molecule has 0 radical (unpaired) electrons. The zero-order valence-corrected chi connectivity index (χ0v) is 53.6. The molecular formula is C62H89N17O17. The highest BCUT2D eigenvalue weighted by atomic mass is 16.7. The summed E-state index contributed by atoms with van der Waals surface area (Å²) in [5.41, 5.74) is 26.8. The van der Waals surface area contributed by atoms with Crippen LogP contribution in [0.2, 0.25) is 0 Å². The molecule has 3 aliphatic rings. The van der Waals surface area contributed by atoms with Crippen molar-refractivity contribution < 1.29 is 82.5 Å². The van der Waals surface area contributed by atoms with Gasteiger partial charge < -0.3 is 100 Å². The molecule has 21 N–H and O–H groups in total. The van der Waals surface area contributed by atoms with E-state index in [-0.39, 0.29) is 76.8 Å². The number of hydrogen-bond acceptors (Lipinski definition) is 19. The van der Waals surface area contributed by atoms with Gasteiger partial charge in [0, 0.05) is 82.3 Å². The molecule has 0 spiro atoms. The molecule has 12 amide bonds. The number of carbonyl (C=O) groups excluding carboxylic acids is 13. The summed E-state index contributed by atoms with van der Waals surface area (Å²) in [5.74, 6) is -12.6. The summed E-state index contributed by atoms with van der Waals surface area (Å²) >= 11 is 0. The molecule has 524 valence electrons. The average Bonchev–Trinajstić information content (AvgIpc) is 1.69. The van der Waals surface area contributed by atoms with Gasteiger partial charge in [0.2, 0.25) is 70.9 Å². The Labute approximate surface area is 552 Å². The van der Waals surface area contributed by atoms with Gasteiger partial charge in [-0.15, -0.1) is 0 Å². The van der Waals surface area contributed by atoms with Gasteiger partial charge in [0.05, 0.1) is 25.2 Å². The predicted octanol–water partition coefficient (Wildman–Crippen LogP) is -5.62. The van der Waals surface area contributed by atoms with Crippen LogP contribution in [0, 0.1) is 0 Å². The maximum atomic E-state index is 15.1. The highest BCUT2D eigenvalue weighted by molar-refractivity contribution is 6.00. The van der Waals surface area contributed by atoms with Gasteiger partial charge in [0.1, 0.15) is 60.4 Å². The van der Waals surface area contributed by atoms with Gasteiger partial charge in [-0.05, 0) is 62.1 Å². The molecular weight excluding hydrogens is 1250 g/mol. The van der Waals surface area contributed by atoms with E-state index in [0.29, 0.717) is 17.5 Å². The summed E-state index contributed by atoms with van der Waals surface area (Å²) < 4.78 is 0. The number of fused-ring (bicyclic) bond motifs is 2. The standard InChI is InChI=1S/C62H89N17O17/c1-3-4-16-41(73-58(92)48-26-37(83)31-79(48)61(95)46(28-50(63)84)77-57(91)47(32-80)70-33(2)81)53(87)74-43-20-21-51(85)96-69-23-11-10-18-40(52(64)86)71-56(90)45(25-35-29-68-39-17-9-8-15-38(35)39)75-54(88)42(19-12-22-67-62(65)66)72-55(89)44(24-34-13-6-5-7-14-34)76-59(93)49-27-36(82)30-78(49)60(43)94/h5-9,13-15,17,29,36-37,40-49,68-69,80,82-83H,3-4,10-12,16,18-28,30-32H2,1-2H3,(H2,63,84)(H2,64,86)(H,70,81)(H,71,90)(H,72,89)(H,73,92)(H,74,87)(H,75,88)(H,76,93)(H,77,91)(H4,65,66,67)/t36?,37?,40-,41-,42-,43-,44+,45-,46-,47+,48-,49-/m0/s1. The van der Waals surface area contributed by atoms with Crippen LogP contribution < -0.4 is 70.9 Å². The van der Waals surface area contributed by atoms with E-state index in [1.165, 1.54) is 0 Å². The number of amides is 12. The van der Waals surface area contributed by atoms with Gasteiger partial charge in [0.25, 0.3) is 0 Å². The second-order valence-corrected chi connectivity index (χ2v) is 24.0. The Balaban J connectivity index is 1.32. The maximum absolute atomic E-state index is 15.1. The topological polar surface area (TPSA) is 539 Å². The van der Waals surface area contributed by atoms with Crippen molar-refractivity contribution >= 4 is 93.7 Å². The summed E-state index contributed by atoms with van der Waals surface area (Å²) in [7, 11) is 0. The number of hydroxylamine groups is 1.